The molecule has 5 rings (SSSR count). The van der Waals surface area contributed by atoms with Crippen molar-refractivity contribution in [3.05, 3.63) is 66.4 Å². The highest BCUT2D eigenvalue weighted by molar-refractivity contribution is 5.94. The molecule has 0 aliphatic carbocycles. The fraction of sp³-hybridized carbons (Fsp3) is 0.346. The molecule has 2 aromatic carbocycles. The number of ether oxygens (including phenoxy) is 1. The molecular weight excluding hydrogens is 414 g/mol. The van der Waals surface area contributed by atoms with Gasteiger partial charge >= 0.3 is 6.01 Å². The molecule has 0 radical (unpaired) electrons. The van der Waals surface area contributed by atoms with Gasteiger partial charge in [-0.15, -0.1) is 0 Å². The van der Waals surface area contributed by atoms with Gasteiger partial charge in [-0.25, -0.2) is 0 Å². The van der Waals surface area contributed by atoms with E-state index in [1.165, 1.54) is 28.1 Å². The number of methoxy groups -OCH3 is 1. The van der Waals surface area contributed by atoms with Gasteiger partial charge in [0, 0.05) is 48.9 Å². The van der Waals surface area contributed by atoms with Crippen molar-refractivity contribution in [1.29, 1.82) is 0 Å². The number of hydrogen-bond acceptors (Lipinski definition) is 6. The lowest BCUT2D eigenvalue weighted by Gasteiger charge is -2.42. The first kappa shape index (κ1) is 21.2. The number of rotatable bonds is 4. The van der Waals surface area contributed by atoms with E-state index in [1.807, 2.05) is 4.90 Å². The van der Waals surface area contributed by atoms with Crippen LogP contribution in [0.25, 0.3) is 10.8 Å². The molecule has 2 aliphatic heterocycles. The van der Waals surface area contributed by atoms with Gasteiger partial charge in [-0.1, -0.05) is 43.0 Å². The minimum Gasteiger partial charge on any atom is -0.467 e. The number of anilines is 2. The van der Waals surface area contributed by atoms with Crippen molar-refractivity contribution >= 4 is 28.2 Å². The molecule has 0 N–H and O–H groups in total. The highest BCUT2D eigenvalue weighted by Crippen LogP contribution is 2.34. The Hall–Kier alpha value is -3.61. The van der Waals surface area contributed by atoms with Crippen LogP contribution >= 0.6 is 0 Å². The summed E-state index contributed by atoms with van der Waals surface area (Å²) in [5, 5.41) is 2.49. The van der Waals surface area contributed by atoms with Crippen molar-refractivity contribution in [2.75, 3.05) is 43.1 Å². The molecule has 170 valence electrons. The van der Waals surface area contributed by atoms with Gasteiger partial charge < -0.3 is 19.4 Å². The molecule has 1 atom stereocenters. The zero-order valence-electron chi connectivity index (χ0n) is 19.2. The van der Waals surface area contributed by atoms with Gasteiger partial charge in [0.1, 0.15) is 5.82 Å². The van der Waals surface area contributed by atoms with Crippen LogP contribution in [0.15, 0.2) is 55.1 Å². The first-order chi connectivity index (χ1) is 16.1. The third-order valence-electron chi connectivity index (χ3n) is 6.70. The topological polar surface area (TPSA) is 61.8 Å². The summed E-state index contributed by atoms with van der Waals surface area (Å²) in [5.41, 5.74) is 3.42. The molecule has 1 aromatic heterocycles. The Kier molecular flexibility index (Phi) is 5.62. The number of aromatic nitrogens is 2. The van der Waals surface area contributed by atoms with E-state index in [-0.39, 0.29) is 11.9 Å². The molecule has 1 fully saturated rings. The van der Waals surface area contributed by atoms with E-state index < -0.39 is 0 Å². The van der Waals surface area contributed by atoms with Crippen molar-refractivity contribution in [2.45, 2.75) is 25.9 Å². The lowest BCUT2D eigenvalue weighted by Crippen LogP contribution is -2.54. The van der Waals surface area contributed by atoms with Crippen molar-refractivity contribution in [1.82, 2.24) is 14.9 Å². The maximum absolute atomic E-state index is 12.1. The molecule has 0 saturated carbocycles. The Balaban J connectivity index is 1.47. The Morgan fingerprint density at radius 1 is 1.12 bits per heavy atom. The molecule has 0 spiro atoms. The number of carbonyl (C=O) groups is 1. The molecule has 1 amide bonds. The van der Waals surface area contributed by atoms with Crippen molar-refractivity contribution in [3.8, 4) is 6.01 Å². The smallest absolute Gasteiger partial charge is 0.318 e. The average Bonchev–Trinajstić information content (AvgIpc) is 2.86. The number of nitrogens with zero attached hydrogens (tertiary/aromatic N) is 5. The van der Waals surface area contributed by atoms with Crippen molar-refractivity contribution in [3.63, 3.8) is 0 Å². The zero-order valence-corrected chi connectivity index (χ0v) is 19.2. The van der Waals surface area contributed by atoms with E-state index in [0.717, 1.165) is 31.0 Å². The van der Waals surface area contributed by atoms with Crippen molar-refractivity contribution < 1.29 is 9.53 Å². The summed E-state index contributed by atoms with van der Waals surface area (Å²) in [6, 6.07) is 15.5. The maximum Gasteiger partial charge on any atom is 0.318 e. The van der Waals surface area contributed by atoms with E-state index >= 15 is 0 Å². The van der Waals surface area contributed by atoms with Crippen LogP contribution in [-0.4, -0.2) is 60.1 Å². The molecule has 7 nitrogen and oxygen atoms in total. The summed E-state index contributed by atoms with van der Waals surface area (Å²) in [6.07, 6.45) is 2.25. The minimum atomic E-state index is -0.0190. The van der Waals surface area contributed by atoms with Gasteiger partial charge in [0.2, 0.25) is 5.91 Å². The summed E-state index contributed by atoms with van der Waals surface area (Å²) in [4.78, 5) is 28.1. The number of benzene rings is 2. The first-order valence-electron chi connectivity index (χ1n) is 11.4. The predicted molar refractivity (Wildman–Crippen MR) is 131 cm³/mol. The molecule has 0 unspecified atom stereocenters. The summed E-state index contributed by atoms with van der Waals surface area (Å²) in [5.74, 6) is 0.919. The second-order valence-corrected chi connectivity index (χ2v) is 8.66. The number of carbonyl (C=O) groups excluding carboxylic acids is 1. The van der Waals surface area contributed by atoms with Gasteiger partial charge in [0.05, 0.1) is 19.3 Å². The van der Waals surface area contributed by atoms with Crippen LogP contribution in [0.4, 0.5) is 11.5 Å². The van der Waals surface area contributed by atoms with E-state index in [1.54, 1.807) is 7.11 Å². The fourth-order valence-electron chi connectivity index (χ4n) is 5.01. The van der Waals surface area contributed by atoms with Gasteiger partial charge in [0.15, 0.2) is 0 Å². The first-order valence-corrected chi connectivity index (χ1v) is 11.4. The van der Waals surface area contributed by atoms with Crippen LogP contribution in [0.5, 0.6) is 6.01 Å². The number of amides is 1. The van der Waals surface area contributed by atoms with Crippen LogP contribution in [0.2, 0.25) is 0 Å². The molecule has 7 heteroatoms. The predicted octanol–water partition coefficient (Wildman–Crippen LogP) is 3.42. The molecular formula is C26H29N5O2. The van der Waals surface area contributed by atoms with Crippen LogP contribution in [0.3, 0.4) is 0 Å². The molecule has 0 bridgehead atoms. The average molecular weight is 444 g/mol. The second-order valence-electron chi connectivity index (χ2n) is 8.66. The van der Waals surface area contributed by atoms with Crippen LogP contribution < -0.4 is 14.5 Å². The Labute approximate surface area is 194 Å². The summed E-state index contributed by atoms with van der Waals surface area (Å²) in [7, 11) is 1.61. The molecule has 3 heterocycles. The molecule has 2 aliphatic rings. The molecule has 3 aromatic rings. The largest absolute Gasteiger partial charge is 0.467 e. The van der Waals surface area contributed by atoms with Crippen LogP contribution in [-0.2, 0) is 17.8 Å². The minimum absolute atomic E-state index is 0.0190. The number of piperazine rings is 1. The normalized spacial score (nSPS) is 18.2. The monoisotopic (exact) mass is 443 g/mol. The second kappa shape index (κ2) is 8.73. The molecule has 1 saturated heterocycles. The standard InChI is InChI=1S/C26H29N5O2/c1-4-24(32)30-14-15-31(18(2)16-30)25-21-12-13-29(17-22(21)27-26(28-25)33-3)23-11-7-9-19-8-5-6-10-20(19)23/h4-11,18H,1,12-17H2,2-3H3/t18-/m0/s1. The number of hydrogen-bond donors (Lipinski definition) is 0. The van der Waals surface area contributed by atoms with Gasteiger partial charge in [-0.2, -0.15) is 9.97 Å². The van der Waals surface area contributed by atoms with E-state index in [0.29, 0.717) is 25.6 Å². The summed E-state index contributed by atoms with van der Waals surface area (Å²) in [6.45, 7) is 9.38. The Morgan fingerprint density at radius 3 is 2.73 bits per heavy atom. The Bertz CT molecular complexity index is 1210. The maximum atomic E-state index is 12.1. The van der Waals surface area contributed by atoms with E-state index in [4.69, 9.17) is 14.7 Å². The highest BCUT2D eigenvalue weighted by Gasteiger charge is 2.31. The summed E-state index contributed by atoms with van der Waals surface area (Å²) < 4.78 is 5.49. The lowest BCUT2D eigenvalue weighted by molar-refractivity contribution is -0.126. The quantitative estimate of drug-likeness (QED) is 0.576. The number of fused-ring (bicyclic) bond motifs is 2. The van der Waals surface area contributed by atoms with Gasteiger partial charge in [-0.05, 0) is 30.9 Å². The third-order valence-corrected chi connectivity index (χ3v) is 6.70. The third kappa shape index (κ3) is 3.88. The van der Waals surface area contributed by atoms with Crippen LogP contribution in [0, 0.1) is 0 Å². The lowest BCUT2D eigenvalue weighted by atomic mass is 10.0. The van der Waals surface area contributed by atoms with E-state index in [9.17, 15) is 4.79 Å². The van der Waals surface area contributed by atoms with Crippen LogP contribution in [0.1, 0.15) is 18.2 Å². The summed E-state index contributed by atoms with van der Waals surface area (Å²) >= 11 is 0. The zero-order chi connectivity index (χ0) is 22.9. The Morgan fingerprint density at radius 2 is 1.94 bits per heavy atom. The van der Waals surface area contributed by atoms with Gasteiger partial charge in [0.25, 0.3) is 0 Å². The molecule has 33 heavy (non-hydrogen) atoms. The highest BCUT2D eigenvalue weighted by atomic mass is 16.5. The fourth-order valence-corrected chi connectivity index (χ4v) is 5.01. The van der Waals surface area contributed by atoms with Crippen molar-refractivity contribution in [2.24, 2.45) is 0 Å². The SMILES string of the molecule is C=CC(=O)N1CCN(c2nc(OC)nc3c2CCN(c2cccc4ccccc24)C3)[C@@H](C)C1. The van der Waals surface area contributed by atoms with Gasteiger partial charge in [-0.3, -0.25) is 4.79 Å². The van der Waals surface area contributed by atoms with E-state index in [2.05, 4.69) is 65.8 Å².